The summed E-state index contributed by atoms with van der Waals surface area (Å²) in [6.07, 6.45) is 12.5. The molecule has 1 nitrogen and oxygen atoms in total. The van der Waals surface area contributed by atoms with Gasteiger partial charge in [-0.25, -0.2) is 0 Å². The van der Waals surface area contributed by atoms with Crippen LogP contribution in [-0.2, 0) is 0 Å². The smallest absolute Gasteiger partial charge is 0.0498 e. The lowest BCUT2D eigenvalue weighted by atomic mass is 10.00. The Bertz CT molecular complexity index is 243. The molecule has 0 aromatic carbocycles. The van der Waals surface area contributed by atoms with Gasteiger partial charge < -0.3 is 0 Å². The molecule has 0 N–H and O–H groups in total. The van der Waals surface area contributed by atoms with Crippen molar-refractivity contribution in [1.29, 1.82) is 0 Å². The summed E-state index contributed by atoms with van der Waals surface area (Å²) < 4.78 is 0. The molecule has 3 aliphatic rings. The highest BCUT2D eigenvalue weighted by atomic mass is 32.2. The first-order valence-corrected chi connectivity index (χ1v) is 7.02. The number of nitrogens with zero attached hydrogens (tertiary/aromatic N) is 1. The van der Waals surface area contributed by atoms with Crippen molar-refractivity contribution in [2.24, 2.45) is 0 Å². The molecule has 1 saturated heterocycles. The molecule has 0 aromatic heterocycles. The molecule has 2 aliphatic carbocycles. The molecule has 0 spiro atoms. The Balaban J connectivity index is 1.75. The summed E-state index contributed by atoms with van der Waals surface area (Å²) in [5, 5.41) is 0. The maximum atomic E-state index is 2.79. The molecule has 1 saturated carbocycles. The standard InChI is InChI=1S/C12H19NS/c1-2-6-10(5-1)13-9-14-12-8-4-3-7-11(12)13/h8,10-11H,1-7,9H2. The molecule has 0 bridgehead atoms. The number of hydrogen-bond donors (Lipinski definition) is 0. The fraction of sp³-hybridized carbons (Fsp3) is 0.833. The van der Waals surface area contributed by atoms with Crippen LogP contribution in [-0.4, -0.2) is 22.9 Å². The number of thioether (sulfide) groups is 1. The Morgan fingerprint density at radius 3 is 2.86 bits per heavy atom. The van der Waals surface area contributed by atoms with Gasteiger partial charge in [0.1, 0.15) is 0 Å². The Kier molecular flexibility index (Phi) is 2.59. The van der Waals surface area contributed by atoms with Crippen molar-refractivity contribution in [3.05, 3.63) is 11.0 Å². The van der Waals surface area contributed by atoms with E-state index in [-0.39, 0.29) is 0 Å². The molecule has 1 unspecified atom stereocenters. The SMILES string of the molecule is C1=C2SCN(C3CCCC3)C2CCC1. The van der Waals surface area contributed by atoms with Crippen LogP contribution >= 0.6 is 11.8 Å². The Hall–Kier alpha value is 0.0500. The Morgan fingerprint density at radius 2 is 2.00 bits per heavy atom. The molecule has 1 aliphatic heterocycles. The van der Waals surface area contributed by atoms with Crippen LogP contribution in [0.2, 0.25) is 0 Å². The number of rotatable bonds is 1. The van der Waals surface area contributed by atoms with Gasteiger partial charge in [-0.2, -0.15) is 0 Å². The van der Waals surface area contributed by atoms with Crippen molar-refractivity contribution in [2.45, 2.75) is 57.0 Å². The second-order valence-electron chi connectivity index (χ2n) is 4.78. The summed E-state index contributed by atoms with van der Waals surface area (Å²) in [4.78, 5) is 4.49. The van der Waals surface area contributed by atoms with Crippen LogP contribution < -0.4 is 0 Å². The van der Waals surface area contributed by atoms with Crippen molar-refractivity contribution < 1.29 is 0 Å². The minimum absolute atomic E-state index is 0.830. The summed E-state index contributed by atoms with van der Waals surface area (Å²) in [6, 6.07) is 1.76. The fourth-order valence-electron chi connectivity index (χ4n) is 3.15. The van der Waals surface area contributed by atoms with E-state index in [2.05, 4.69) is 22.7 Å². The number of allylic oxidation sites excluding steroid dienone is 1. The maximum Gasteiger partial charge on any atom is 0.0498 e. The first-order valence-electron chi connectivity index (χ1n) is 6.04. The minimum Gasteiger partial charge on any atom is -0.283 e. The average Bonchev–Trinajstić information content (AvgIpc) is 2.85. The third-order valence-corrected chi connectivity index (χ3v) is 5.13. The van der Waals surface area contributed by atoms with Crippen LogP contribution in [0.5, 0.6) is 0 Å². The van der Waals surface area contributed by atoms with Gasteiger partial charge in [-0.05, 0) is 37.0 Å². The fourth-order valence-corrected chi connectivity index (χ4v) is 4.52. The molecular formula is C12H19NS. The van der Waals surface area contributed by atoms with Gasteiger partial charge in [0.25, 0.3) is 0 Å². The second-order valence-corrected chi connectivity index (χ2v) is 5.80. The van der Waals surface area contributed by atoms with E-state index in [1.54, 1.807) is 4.91 Å². The van der Waals surface area contributed by atoms with Crippen LogP contribution in [0.3, 0.4) is 0 Å². The third-order valence-electron chi connectivity index (χ3n) is 3.93. The average molecular weight is 209 g/mol. The van der Waals surface area contributed by atoms with Crippen molar-refractivity contribution in [1.82, 2.24) is 4.90 Å². The zero-order valence-corrected chi connectivity index (χ0v) is 9.56. The lowest BCUT2D eigenvalue weighted by molar-refractivity contribution is 0.189. The van der Waals surface area contributed by atoms with Gasteiger partial charge >= 0.3 is 0 Å². The lowest BCUT2D eigenvalue weighted by Crippen LogP contribution is -2.38. The quantitative estimate of drug-likeness (QED) is 0.651. The molecule has 3 rings (SSSR count). The van der Waals surface area contributed by atoms with E-state index in [1.807, 2.05) is 0 Å². The van der Waals surface area contributed by atoms with E-state index in [4.69, 9.17) is 0 Å². The summed E-state index contributed by atoms with van der Waals surface area (Å²) >= 11 is 2.11. The molecule has 1 heterocycles. The Labute approximate surface area is 90.9 Å². The highest BCUT2D eigenvalue weighted by molar-refractivity contribution is 8.03. The van der Waals surface area contributed by atoms with Crippen molar-refractivity contribution in [3.8, 4) is 0 Å². The molecular weight excluding hydrogens is 190 g/mol. The second kappa shape index (κ2) is 3.90. The molecule has 0 amide bonds. The predicted molar refractivity (Wildman–Crippen MR) is 62.3 cm³/mol. The van der Waals surface area contributed by atoms with E-state index >= 15 is 0 Å². The highest BCUT2D eigenvalue weighted by Crippen LogP contribution is 2.42. The molecule has 14 heavy (non-hydrogen) atoms. The largest absolute Gasteiger partial charge is 0.283 e. The summed E-state index contributed by atoms with van der Waals surface area (Å²) in [5.41, 5.74) is 0. The summed E-state index contributed by atoms with van der Waals surface area (Å²) in [6.45, 7) is 0. The van der Waals surface area contributed by atoms with Crippen LogP contribution in [0.15, 0.2) is 11.0 Å². The normalized spacial score (nSPS) is 34.6. The predicted octanol–water partition coefficient (Wildman–Crippen LogP) is 3.37. The van der Waals surface area contributed by atoms with Crippen LogP contribution in [0.1, 0.15) is 44.9 Å². The van der Waals surface area contributed by atoms with Crippen molar-refractivity contribution in [2.75, 3.05) is 5.88 Å². The van der Waals surface area contributed by atoms with Gasteiger partial charge in [0, 0.05) is 18.0 Å². The van der Waals surface area contributed by atoms with Gasteiger partial charge in [-0.3, -0.25) is 4.90 Å². The van der Waals surface area contributed by atoms with Gasteiger partial charge in [-0.1, -0.05) is 18.9 Å². The van der Waals surface area contributed by atoms with Crippen LogP contribution in [0, 0.1) is 0 Å². The summed E-state index contributed by atoms with van der Waals surface area (Å²) in [5.74, 6) is 1.28. The van der Waals surface area contributed by atoms with Gasteiger partial charge in [0.15, 0.2) is 0 Å². The minimum atomic E-state index is 0.830. The monoisotopic (exact) mass is 209 g/mol. The Morgan fingerprint density at radius 1 is 1.14 bits per heavy atom. The van der Waals surface area contributed by atoms with Gasteiger partial charge in [0.2, 0.25) is 0 Å². The van der Waals surface area contributed by atoms with E-state index in [9.17, 15) is 0 Å². The topological polar surface area (TPSA) is 3.24 Å². The van der Waals surface area contributed by atoms with E-state index in [1.165, 1.54) is 50.8 Å². The molecule has 2 heteroatoms. The molecule has 0 radical (unpaired) electrons. The molecule has 0 aromatic rings. The molecule has 1 atom stereocenters. The maximum absolute atomic E-state index is 2.79. The van der Waals surface area contributed by atoms with E-state index in [0.717, 1.165) is 12.1 Å². The van der Waals surface area contributed by atoms with Crippen molar-refractivity contribution in [3.63, 3.8) is 0 Å². The van der Waals surface area contributed by atoms with E-state index in [0.29, 0.717) is 0 Å². The number of fused-ring (bicyclic) bond motifs is 1. The zero-order valence-electron chi connectivity index (χ0n) is 8.74. The lowest BCUT2D eigenvalue weighted by Gasteiger charge is -2.31. The summed E-state index contributed by atoms with van der Waals surface area (Å²) in [7, 11) is 0. The van der Waals surface area contributed by atoms with Crippen LogP contribution in [0.25, 0.3) is 0 Å². The van der Waals surface area contributed by atoms with E-state index < -0.39 is 0 Å². The first-order chi connectivity index (χ1) is 6.95. The van der Waals surface area contributed by atoms with Gasteiger partial charge in [-0.15, -0.1) is 11.8 Å². The van der Waals surface area contributed by atoms with Crippen molar-refractivity contribution >= 4 is 11.8 Å². The van der Waals surface area contributed by atoms with Gasteiger partial charge in [0.05, 0.1) is 0 Å². The third kappa shape index (κ3) is 1.53. The molecule has 78 valence electrons. The van der Waals surface area contributed by atoms with Crippen LogP contribution in [0.4, 0.5) is 0 Å². The highest BCUT2D eigenvalue weighted by Gasteiger charge is 2.36. The number of hydrogen-bond acceptors (Lipinski definition) is 2. The first kappa shape index (κ1) is 9.29. The zero-order chi connectivity index (χ0) is 9.38. The molecule has 2 fully saturated rings.